The number of aliphatic hydroxyl groups excluding tert-OH is 1. The summed E-state index contributed by atoms with van der Waals surface area (Å²) >= 11 is 0. The van der Waals surface area contributed by atoms with Crippen LogP contribution in [-0.4, -0.2) is 36.0 Å². The number of halogens is 3. The van der Waals surface area contributed by atoms with E-state index in [4.69, 9.17) is 0 Å². The molecule has 0 aromatic heterocycles. The number of hydrogen-bond acceptors (Lipinski definition) is 2. The highest BCUT2D eigenvalue weighted by molar-refractivity contribution is 5.74. The second-order valence-corrected chi connectivity index (χ2v) is 6.22. The third-order valence-corrected chi connectivity index (χ3v) is 3.84. The first-order valence-corrected chi connectivity index (χ1v) is 7.47. The van der Waals surface area contributed by atoms with Crippen molar-refractivity contribution in [1.29, 1.82) is 0 Å². The molecule has 0 aromatic carbocycles. The summed E-state index contributed by atoms with van der Waals surface area (Å²) in [5, 5.41) is 14.6. The average molecular weight is 310 g/mol. The maximum Gasteiger partial charge on any atom is 0.391 e. The van der Waals surface area contributed by atoms with Crippen LogP contribution in [0.3, 0.4) is 0 Å². The minimum atomic E-state index is -4.13. The summed E-state index contributed by atoms with van der Waals surface area (Å²) < 4.78 is 37.6. The van der Waals surface area contributed by atoms with Gasteiger partial charge in [0.25, 0.3) is 0 Å². The molecule has 1 fully saturated rings. The first-order chi connectivity index (χ1) is 9.72. The summed E-state index contributed by atoms with van der Waals surface area (Å²) in [5.41, 5.74) is 0. The van der Waals surface area contributed by atoms with Gasteiger partial charge in [-0.15, -0.1) is 0 Å². The molecular weight excluding hydrogens is 285 g/mol. The highest BCUT2D eigenvalue weighted by Crippen LogP contribution is 2.37. The molecule has 3 N–H and O–H groups in total. The van der Waals surface area contributed by atoms with Gasteiger partial charge in [0, 0.05) is 6.04 Å². The van der Waals surface area contributed by atoms with Gasteiger partial charge in [-0.05, 0) is 38.0 Å². The van der Waals surface area contributed by atoms with Gasteiger partial charge in [0.1, 0.15) is 0 Å². The number of rotatable bonds is 5. The first-order valence-electron chi connectivity index (χ1n) is 7.47. The van der Waals surface area contributed by atoms with Crippen LogP contribution in [0, 0.1) is 11.8 Å². The maximum atomic E-state index is 12.5. The molecule has 1 aliphatic carbocycles. The van der Waals surface area contributed by atoms with Gasteiger partial charge in [-0.2, -0.15) is 13.2 Å². The maximum absolute atomic E-state index is 12.5. The predicted octanol–water partition coefficient (Wildman–Crippen LogP) is 2.81. The smallest absolute Gasteiger partial charge is 0.391 e. The second-order valence-electron chi connectivity index (χ2n) is 6.22. The van der Waals surface area contributed by atoms with Gasteiger partial charge in [-0.1, -0.05) is 13.8 Å². The van der Waals surface area contributed by atoms with E-state index in [1.807, 2.05) is 13.8 Å². The molecule has 0 spiro atoms. The number of aliphatic hydroxyl groups is 1. The summed E-state index contributed by atoms with van der Waals surface area (Å²) in [5.74, 6) is -0.908. The van der Waals surface area contributed by atoms with Crippen molar-refractivity contribution in [3.8, 4) is 0 Å². The first kappa shape index (κ1) is 18.1. The molecule has 0 aliphatic heterocycles. The molecule has 21 heavy (non-hydrogen) atoms. The van der Waals surface area contributed by atoms with Crippen molar-refractivity contribution < 1.29 is 23.1 Å². The van der Waals surface area contributed by atoms with E-state index in [1.165, 1.54) is 0 Å². The zero-order valence-electron chi connectivity index (χ0n) is 12.5. The molecule has 2 amide bonds. The van der Waals surface area contributed by atoms with Crippen LogP contribution >= 0.6 is 0 Å². The van der Waals surface area contributed by atoms with E-state index in [-0.39, 0.29) is 31.5 Å². The molecule has 1 atom stereocenters. The highest BCUT2D eigenvalue weighted by Gasteiger charge is 2.41. The van der Waals surface area contributed by atoms with Crippen LogP contribution < -0.4 is 10.6 Å². The summed E-state index contributed by atoms with van der Waals surface area (Å²) in [6, 6.07) is -0.955. The van der Waals surface area contributed by atoms with Crippen LogP contribution in [0.5, 0.6) is 0 Å². The lowest BCUT2D eigenvalue weighted by atomic mass is 9.85. The third-order valence-electron chi connectivity index (χ3n) is 3.84. The van der Waals surface area contributed by atoms with Crippen molar-refractivity contribution in [3.05, 3.63) is 0 Å². The Morgan fingerprint density at radius 2 is 1.81 bits per heavy atom. The van der Waals surface area contributed by atoms with Crippen LogP contribution in [0.15, 0.2) is 0 Å². The van der Waals surface area contributed by atoms with Gasteiger partial charge in [-0.3, -0.25) is 0 Å². The number of nitrogens with one attached hydrogen (secondary N) is 2. The van der Waals surface area contributed by atoms with Crippen LogP contribution in [0.1, 0.15) is 46.0 Å². The quantitative estimate of drug-likeness (QED) is 0.731. The molecule has 1 aliphatic rings. The van der Waals surface area contributed by atoms with Gasteiger partial charge in [0.05, 0.1) is 18.6 Å². The number of carbonyl (C=O) groups is 1. The van der Waals surface area contributed by atoms with Crippen molar-refractivity contribution in [1.82, 2.24) is 10.6 Å². The number of amides is 2. The Morgan fingerprint density at radius 3 is 2.24 bits per heavy atom. The fourth-order valence-electron chi connectivity index (χ4n) is 2.73. The van der Waals surface area contributed by atoms with Crippen molar-refractivity contribution >= 4 is 6.03 Å². The Kier molecular flexibility index (Phi) is 6.77. The Balaban J connectivity index is 2.33. The van der Waals surface area contributed by atoms with Crippen LogP contribution in [0.2, 0.25) is 0 Å². The van der Waals surface area contributed by atoms with Gasteiger partial charge >= 0.3 is 12.2 Å². The fourth-order valence-corrected chi connectivity index (χ4v) is 2.73. The summed E-state index contributed by atoms with van der Waals surface area (Å²) in [7, 11) is 0. The minimum Gasteiger partial charge on any atom is -0.394 e. The van der Waals surface area contributed by atoms with Crippen LogP contribution in [-0.2, 0) is 0 Å². The molecule has 1 saturated carbocycles. The Bertz CT molecular complexity index is 327. The molecule has 1 rings (SSSR count). The van der Waals surface area contributed by atoms with Gasteiger partial charge in [-0.25, -0.2) is 4.79 Å². The Morgan fingerprint density at radius 1 is 1.24 bits per heavy atom. The lowest BCUT2D eigenvalue weighted by Crippen LogP contribution is -2.49. The average Bonchev–Trinajstić information content (AvgIpc) is 2.36. The van der Waals surface area contributed by atoms with E-state index >= 15 is 0 Å². The zero-order valence-corrected chi connectivity index (χ0v) is 12.5. The molecule has 0 saturated heterocycles. The van der Waals surface area contributed by atoms with E-state index in [1.54, 1.807) is 0 Å². The minimum absolute atomic E-state index is 0.0594. The zero-order chi connectivity index (χ0) is 16.0. The Labute approximate surface area is 123 Å². The van der Waals surface area contributed by atoms with Crippen molar-refractivity contribution in [2.75, 3.05) is 6.61 Å². The van der Waals surface area contributed by atoms with E-state index in [9.17, 15) is 23.1 Å². The molecular formula is C14H25F3N2O2. The van der Waals surface area contributed by atoms with Crippen molar-refractivity contribution in [3.63, 3.8) is 0 Å². The summed E-state index contributed by atoms with van der Waals surface area (Å²) in [6.45, 7) is 3.83. The number of carbonyl (C=O) groups excluding carboxylic acids is 1. The molecule has 124 valence electrons. The molecule has 0 radical (unpaired) electrons. The molecule has 7 heteroatoms. The van der Waals surface area contributed by atoms with Gasteiger partial charge in [0.2, 0.25) is 0 Å². The standard InChI is InChI=1S/C14H25F3N2O2/c1-9(2)7-12(8-20)19-13(21)18-11-5-3-10(4-6-11)14(15,16)17/h9-12,20H,3-8H2,1-2H3,(H2,18,19,21). The molecule has 0 aromatic rings. The fraction of sp³-hybridized carbons (Fsp3) is 0.929. The molecule has 4 nitrogen and oxygen atoms in total. The number of alkyl halides is 3. The highest BCUT2D eigenvalue weighted by atomic mass is 19.4. The van der Waals surface area contributed by atoms with E-state index in [0.717, 1.165) is 0 Å². The summed E-state index contributed by atoms with van der Waals surface area (Å²) in [6.07, 6.45) is -2.68. The lowest BCUT2D eigenvalue weighted by Gasteiger charge is -2.30. The number of urea groups is 1. The van der Waals surface area contributed by atoms with E-state index in [0.29, 0.717) is 25.2 Å². The molecule has 1 unspecified atom stereocenters. The summed E-state index contributed by atoms with van der Waals surface area (Å²) in [4.78, 5) is 11.8. The molecule has 0 bridgehead atoms. The van der Waals surface area contributed by atoms with E-state index < -0.39 is 18.1 Å². The topological polar surface area (TPSA) is 61.4 Å². The van der Waals surface area contributed by atoms with Gasteiger partial charge in [0.15, 0.2) is 0 Å². The van der Waals surface area contributed by atoms with Gasteiger partial charge < -0.3 is 15.7 Å². The monoisotopic (exact) mass is 310 g/mol. The van der Waals surface area contributed by atoms with Crippen LogP contribution in [0.25, 0.3) is 0 Å². The van der Waals surface area contributed by atoms with Crippen LogP contribution in [0.4, 0.5) is 18.0 Å². The number of hydrogen-bond donors (Lipinski definition) is 3. The second kappa shape index (κ2) is 7.87. The molecule has 0 heterocycles. The lowest BCUT2D eigenvalue weighted by molar-refractivity contribution is -0.182. The van der Waals surface area contributed by atoms with E-state index in [2.05, 4.69) is 10.6 Å². The predicted molar refractivity (Wildman–Crippen MR) is 73.8 cm³/mol. The normalized spacial score (nSPS) is 24.7. The largest absolute Gasteiger partial charge is 0.394 e. The Hall–Kier alpha value is -0.980. The van der Waals surface area contributed by atoms with Crippen molar-refractivity contribution in [2.24, 2.45) is 11.8 Å². The third kappa shape index (κ3) is 6.54. The van der Waals surface area contributed by atoms with Crippen molar-refractivity contribution in [2.45, 2.75) is 64.2 Å². The SMILES string of the molecule is CC(C)CC(CO)NC(=O)NC1CCC(C(F)(F)F)CC1.